The van der Waals surface area contributed by atoms with Crippen molar-refractivity contribution in [3.05, 3.63) is 63.7 Å². The van der Waals surface area contributed by atoms with E-state index in [0.29, 0.717) is 17.3 Å². The second-order valence-electron chi connectivity index (χ2n) is 12.1. The predicted octanol–water partition coefficient (Wildman–Crippen LogP) is 7.90. The normalized spacial score (nSPS) is 13.0. The number of carbonyl (C=O) groups is 3. The monoisotopic (exact) mass is 585 g/mol. The molecule has 0 spiro atoms. The summed E-state index contributed by atoms with van der Waals surface area (Å²) < 4.78 is 5.48. The van der Waals surface area contributed by atoms with E-state index < -0.39 is 23.8 Å². The maximum absolute atomic E-state index is 14.4. The molecule has 0 saturated heterocycles. The molecule has 0 bridgehead atoms. The Bertz CT molecular complexity index is 1160. The summed E-state index contributed by atoms with van der Waals surface area (Å²) in [5.74, 6) is -0.941. The number of aryl methyl sites for hydroxylation is 3. The number of hydrogen-bond acceptors (Lipinski definition) is 4. The van der Waals surface area contributed by atoms with Gasteiger partial charge in [-0.2, -0.15) is 0 Å². The molecule has 226 valence electrons. The number of hydrogen-bond donors (Lipinski definition) is 2. The molecule has 0 aromatic heterocycles. The first kappa shape index (κ1) is 34.1. The third-order valence-electron chi connectivity index (χ3n) is 6.99. The van der Waals surface area contributed by atoms with E-state index in [9.17, 15) is 14.4 Å². The molecule has 2 rings (SSSR count). The molecule has 0 fully saturated rings. The zero-order valence-corrected chi connectivity index (χ0v) is 26.9. The van der Waals surface area contributed by atoms with Gasteiger partial charge in [0, 0.05) is 6.54 Å². The number of anilines is 1. The SMILES string of the molecule is CCCCCCN(C(=O)C(NC(=O)OC(C)(C)C)C(C)C)C(C(=O)Nc1c(C)cccc1Cl)c1c(C)cccc1C. The second kappa shape index (κ2) is 15.2. The van der Waals surface area contributed by atoms with Crippen molar-refractivity contribution in [2.24, 2.45) is 5.92 Å². The van der Waals surface area contributed by atoms with Crippen LogP contribution in [0.5, 0.6) is 0 Å². The number of carbonyl (C=O) groups excluding carboxylic acids is 3. The number of rotatable bonds is 12. The molecule has 7 nitrogen and oxygen atoms in total. The number of ether oxygens (including phenoxy) is 1. The summed E-state index contributed by atoms with van der Waals surface area (Å²) in [4.78, 5) is 43.1. The van der Waals surface area contributed by atoms with Gasteiger partial charge in [-0.05, 0) is 82.2 Å². The van der Waals surface area contributed by atoms with Gasteiger partial charge in [0.25, 0.3) is 5.91 Å². The molecule has 0 radical (unpaired) electrons. The molecule has 0 aliphatic carbocycles. The van der Waals surface area contributed by atoms with Gasteiger partial charge >= 0.3 is 6.09 Å². The van der Waals surface area contributed by atoms with Crippen molar-refractivity contribution in [2.75, 3.05) is 11.9 Å². The molecule has 41 heavy (non-hydrogen) atoms. The topological polar surface area (TPSA) is 87.7 Å². The molecule has 8 heteroatoms. The van der Waals surface area contributed by atoms with Gasteiger partial charge in [-0.25, -0.2) is 4.79 Å². The van der Waals surface area contributed by atoms with E-state index in [2.05, 4.69) is 17.6 Å². The lowest BCUT2D eigenvalue weighted by Crippen LogP contribution is -2.54. The number of nitrogens with zero attached hydrogens (tertiary/aromatic N) is 1. The highest BCUT2D eigenvalue weighted by molar-refractivity contribution is 6.34. The Morgan fingerprint density at radius 3 is 2.05 bits per heavy atom. The van der Waals surface area contributed by atoms with E-state index in [-0.39, 0.29) is 17.7 Å². The Hall–Kier alpha value is -3.06. The van der Waals surface area contributed by atoms with Crippen LogP contribution in [0.15, 0.2) is 36.4 Å². The van der Waals surface area contributed by atoms with E-state index >= 15 is 0 Å². The van der Waals surface area contributed by atoms with Crippen LogP contribution < -0.4 is 10.6 Å². The lowest BCUT2D eigenvalue weighted by molar-refractivity contribution is -0.141. The van der Waals surface area contributed by atoms with Crippen LogP contribution in [0.2, 0.25) is 5.02 Å². The van der Waals surface area contributed by atoms with Gasteiger partial charge in [0.15, 0.2) is 0 Å². The first-order valence-corrected chi connectivity index (χ1v) is 15.0. The van der Waals surface area contributed by atoms with Crippen LogP contribution in [0.25, 0.3) is 0 Å². The summed E-state index contributed by atoms with van der Waals surface area (Å²) in [7, 11) is 0. The van der Waals surface area contributed by atoms with Crippen LogP contribution in [0.3, 0.4) is 0 Å². The summed E-state index contributed by atoms with van der Waals surface area (Å²) in [5, 5.41) is 6.25. The summed E-state index contributed by atoms with van der Waals surface area (Å²) in [6.07, 6.45) is 3.02. The molecular formula is C33H48ClN3O4. The van der Waals surface area contributed by atoms with Crippen LogP contribution in [-0.4, -0.2) is 41.0 Å². The summed E-state index contributed by atoms with van der Waals surface area (Å²) in [5.41, 5.74) is 3.17. The van der Waals surface area contributed by atoms with Gasteiger partial charge < -0.3 is 20.3 Å². The number of amides is 3. The zero-order chi connectivity index (χ0) is 30.9. The minimum atomic E-state index is -0.942. The maximum atomic E-state index is 14.4. The highest BCUT2D eigenvalue weighted by atomic mass is 35.5. The van der Waals surface area contributed by atoms with E-state index in [1.807, 2.05) is 65.0 Å². The molecule has 2 aromatic rings. The Morgan fingerprint density at radius 1 is 0.927 bits per heavy atom. The van der Waals surface area contributed by atoms with Gasteiger partial charge in [-0.3, -0.25) is 9.59 Å². The largest absolute Gasteiger partial charge is 0.444 e. The average molecular weight is 586 g/mol. The molecule has 2 atom stereocenters. The fraction of sp³-hybridized carbons (Fsp3) is 0.545. The summed E-state index contributed by atoms with van der Waals surface area (Å²) in [6, 6.07) is 9.43. The molecular weight excluding hydrogens is 538 g/mol. The van der Waals surface area contributed by atoms with Crippen LogP contribution in [0.4, 0.5) is 10.5 Å². The number of nitrogens with one attached hydrogen (secondary N) is 2. The molecule has 2 unspecified atom stereocenters. The van der Waals surface area contributed by atoms with Crippen molar-refractivity contribution >= 4 is 35.2 Å². The van der Waals surface area contributed by atoms with Crippen molar-refractivity contribution in [1.29, 1.82) is 0 Å². The van der Waals surface area contributed by atoms with E-state index in [1.54, 1.807) is 31.7 Å². The standard InChI is InChI=1S/C33H48ClN3O4/c1-10-11-12-13-20-37(31(39)27(21(2)3)36-32(40)41-33(7,8)9)29(26-22(4)16-14-17-23(26)5)30(38)35-28-24(6)18-15-19-25(28)34/h14-19,21,27,29H,10-13,20H2,1-9H3,(H,35,38)(H,36,40). The van der Waals surface area contributed by atoms with Crippen molar-refractivity contribution in [1.82, 2.24) is 10.2 Å². The van der Waals surface area contributed by atoms with Crippen LogP contribution in [0.1, 0.15) is 95.5 Å². The second-order valence-corrected chi connectivity index (χ2v) is 12.5. The van der Waals surface area contributed by atoms with E-state index in [0.717, 1.165) is 47.9 Å². The minimum Gasteiger partial charge on any atom is -0.444 e. The maximum Gasteiger partial charge on any atom is 0.408 e. The fourth-order valence-corrected chi connectivity index (χ4v) is 5.14. The van der Waals surface area contributed by atoms with E-state index in [4.69, 9.17) is 16.3 Å². The zero-order valence-electron chi connectivity index (χ0n) is 26.2. The van der Waals surface area contributed by atoms with Crippen molar-refractivity contribution in [2.45, 2.75) is 106 Å². The molecule has 0 heterocycles. The smallest absolute Gasteiger partial charge is 0.408 e. The van der Waals surface area contributed by atoms with Crippen LogP contribution in [0, 0.1) is 26.7 Å². The molecule has 2 aromatic carbocycles. The van der Waals surface area contributed by atoms with Gasteiger partial charge in [0.05, 0.1) is 10.7 Å². The van der Waals surface area contributed by atoms with E-state index in [1.165, 1.54) is 0 Å². The lowest BCUT2D eigenvalue weighted by atomic mass is 9.92. The molecule has 0 aliphatic heterocycles. The Balaban J connectivity index is 2.64. The number of benzene rings is 2. The molecule has 3 amide bonds. The highest BCUT2D eigenvalue weighted by Crippen LogP contribution is 2.33. The Kier molecular flexibility index (Phi) is 12.7. The van der Waals surface area contributed by atoms with Crippen LogP contribution in [-0.2, 0) is 14.3 Å². The fourth-order valence-electron chi connectivity index (χ4n) is 4.87. The quantitative estimate of drug-likeness (QED) is 0.248. The summed E-state index contributed by atoms with van der Waals surface area (Å²) in [6.45, 7) is 17.3. The van der Waals surface area contributed by atoms with Gasteiger partial charge in [0.1, 0.15) is 17.7 Å². The van der Waals surface area contributed by atoms with Crippen molar-refractivity contribution in [3.8, 4) is 0 Å². The van der Waals surface area contributed by atoms with Gasteiger partial charge in [0.2, 0.25) is 5.91 Å². The molecule has 0 saturated carbocycles. The molecule has 0 aliphatic rings. The third-order valence-corrected chi connectivity index (χ3v) is 7.30. The van der Waals surface area contributed by atoms with Crippen molar-refractivity contribution < 1.29 is 19.1 Å². The van der Waals surface area contributed by atoms with Crippen LogP contribution >= 0.6 is 11.6 Å². The summed E-state index contributed by atoms with van der Waals surface area (Å²) >= 11 is 6.49. The average Bonchev–Trinajstić information content (AvgIpc) is 2.86. The first-order chi connectivity index (χ1) is 19.2. The van der Waals surface area contributed by atoms with Crippen molar-refractivity contribution in [3.63, 3.8) is 0 Å². The highest BCUT2D eigenvalue weighted by Gasteiger charge is 2.38. The number of para-hydroxylation sites is 1. The van der Waals surface area contributed by atoms with Gasteiger partial charge in [-0.15, -0.1) is 0 Å². The lowest BCUT2D eigenvalue weighted by Gasteiger charge is -2.37. The molecule has 2 N–H and O–H groups in total. The Labute approximate surface area is 251 Å². The number of alkyl carbamates (subject to hydrolysis) is 1. The third kappa shape index (κ3) is 9.77. The first-order valence-electron chi connectivity index (χ1n) is 14.6. The number of unbranched alkanes of at least 4 members (excludes halogenated alkanes) is 3. The number of halogens is 1. The van der Waals surface area contributed by atoms with Gasteiger partial charge in [-0.1, -0.05) is 82.0 Å². The predicted molar refractivity (Wildman–Crippen MR) is 167 cm³/mol. The minimum absolute atomic E-state index is 0.249. The Morgan fingerprint density at radius 2 is 1.51 bits per heavy atom.